The second-order valence-corrected chi connectivity index (χ2v) is 13.5. The Hall–Kier alpha value is -6.90. The normalized spacial score (nSPS) is 19.6. The van der Waals surface area contributed by atoms with Crippen LogP contribution in [0.1, 0.15) is 20.7 Å². The Morgan fingerprint density at radius 1 is 0.446 bits per heavy atom. The highest BCUT2D eigenvalue weighted by molar-refractivity contribution is 6.11. The van der Waals surface area contributed by atoms with Crippen molar-refractivity contribution in [2.75, 3.05) is 26.2 Å². The predicted molar refractivity (Wildman–Crippen MR) is 207 cm³/mol. The van der Waals surface area contributed by atoms with Gasteiger partial charge in [-0.15, -0.1) is 0 Å². The molecule has 14 heteroatoms. The maximum absolute atomic E-state index is 13.0. The van der Waals surface area contributed by atoms with Crippen LogP contribution in [0.4, 0.5) is 0 Å². The average molecular weight is 757 g/mol. The summed E-state index contributed by atoms with van der Waals surface area (Å²) in [5.41, 5.74) is 0.667. The maximum atomic E-state index is 13.0. The van der Waals surface area contributed by atoms with Gasteiger partial charge in [-0.25, -0.2) is 9.59 Å². The van der Waals surface area contributed by atoms with Crippen molar-refractivity contribution in [2.24, 2.45) is 0 Å². The van der Waals surface area contributed by atoms with Crippen LogP contribution in [0.2, 0.25) is 0 Å². The largest absolute Gasteiger partial charge is 0.480 e. The van der Waals surface area contributed by atoms with Crippen LogP contribution in [0.15, 0.2) is 109 Å². The fourth-order valence-corrected chi connectivity index (χ4v) is 7.62. The first-order valence-corrected chi connectivity index (χ1v) is 17.8. The summed E-state index contributed by atoms with van der Waals surface area (Å²) in [5.74, 6) is -6.27. The smallest absolute Gasteiger partial charge is 0.328 e. The Balaban J connectivity index is 0.000000172. The second kappa shape index (κ2) is 15.5. The third-order valence-electron chi connectivity index (χ3n) is 10.3. The van der Waals surface area contributed by atoms with Gasteiger partial charge in [0.15, 0.2) is 12.1 Å². The van der Waals surface area contributed by atoms with E-state index in [-0.39, 0.29) is 26.2 Å². The van der Waals surface area contributed by atoms with Gasteiger partial charge < -0.3 is 40.9 Å². The van der Waals surface area contributed by atoms with Crippen LogP contribution in [-0.2, 0) is 19.2 Å². The lowest BCUT2D eigenvalue weighted by atomic mass is 9.98. The molecule has 0 bridgehead atoms. The monoisotopic (exact) mass is 756 g/mol. The molecule has 6 N–H and O–H groups in total. The summed E-state index contributed by atoms with van der Waals surface area (Å²) >= 11 is 0. The van der Waals surface area contributed by atoms with Gasteiger partial charge in [0.1, 0.15) is 12.1 Å². The highest BCUT2D eigenvalue weighted by Gasteiger charge is 2.44. The number of amides is 2. The van der Waals surface area contributed by atoms with E-state index in [0.29, 0.717) is 11.1 Å². The number of carboxylic acids is 4. The highest BCUT2D eigenvalue weighted by Crippen LogP contribution is 2.29. The van der Waals surface area contributed by atoms with Crippen LogP contribution < -0.4 is 10.6 Å². The number of piperazine rings is 2. The molecule has 6 aromatic rings. The number of aliphatic carboxylic acids is 4. The first-order valence-electron chi connectivity index (χ1n) is 17.8. The predicted octanol–water partition coefficient (Wildman–Crippen LogP) is 3.89. The van der Waals surface area contributed by atoms with Gasteiger partial charge in [-0.1, -0.05) is 84.9 Å². The van der Waals surface area contributed by atoms with E-state index in [2.05, 4.69) is 10.6 Å². The van der Waals surface area contributed by atoms with Gasteiger partial charge in [0.05, 0.1) is 0 Å². The number of rotatable bonds is 6. The summed E-state index contributed by atoms with van der Waals surface area (Å²) in [4.78, 5) is 74.5. The van der Waals surface area contributed by atoms with E-state index in [1.165, 1.54) is 0 Å². The molecule has 2 aliphatic heterocycles. The van der Waals surface area contributed by atoms with Crippen LogP contribution >= 0.6 is 0 Å². The summed E-state index contributed by atoms with van der Waals surface area (Å²) in [6.45, 7) is 0.667. The van der Waals surface area contributed by atoms with E-state index in [1.807, 2.05) is 84.9 Å². The van der Waals surface area contributed by atoms with E-state index in [1.54, 1.807) is 24.3 Å². The Kier molecular flexibility index (Phi) is 10.3. The molecule has 0 saturated carbocycles. The van der Waals surface area contributed by atoms with Crippen LogP contribution in [0, 0.1) is 0 Å². The van der Waals surface area contributed by atoms with E-state index >= 15 is 0 Å². The van der Waals surface area contributed by atoms with Crippen molar-refractivity contribution in [1.29, 1.82) is 0 Å². The Bertz CT molecular complexity index is 2400. The van der Waals surface area contributed by atoms with Crippen molar-refractivity contribution in [1.82, 2.24) is 20.4 Å². The number of carbonyl (C=O) groups excluding carboxylic acids is 2. The summed E-state index contributed by atoms with van der Waals surface area (Å²) < 4.78 is 0. The molecule has 0 spiro atoms. The average Bonchev–Trinajstić information content (AvgIpc) is 3.22. The molecule has 0 aromatic heterocycles. The number of nitrogens with one attached hydrogen (secondary N) is 2. The summed E-state index contributed by atoms with van der Waals surface area (Å²) in [6.07, 6.45) is 0. The van der Waals surface area contributed by atoms with Crippen molar-refractivity contribution in [3.63, 3.8) is 0 Å². The number of nitrogens with zero attached hydrogens (tertiary/aromatic N) is 2. The highest BCUT2D eigenvalue weighted by atomic mass is 16.4. The van der Waals surface area contributed by atoms with Gasteiger partial charge in [-0.3, -0.25) is 19.2 Å². The standard InChI is InChI=1S/2C21H18N2O5/c2*24-19(23-10-9-22-17(20(25)26)18(23)21(27)28)14-7-8-16-13(11-14)6-5-12-3-1-2-4-15(12)16/h2*1-8,11,17-18,22H,9-10H2,(H,25,26)(H,27,28). The second-order valence-electron chi connectivity index (χ2n) is 13.5. The van der Waals surface area contributed by atoms with Crippen molar-refractivity contribution < 1.29 is 49.2 Å². The maximum Gasteiger partial charge on any atom is 0.328 e. The number of carboxylic acid groups (broad SMARTS) is 4. The van der Waals surface area contributed by atoms with E-state index in [4.69, 9.17) is 0 Å². The lowest BCUT2D eigenvalue weighted by Gasteiger charge is -2.37. The zero-order chi connectivity index (χ0) is 39.7. The van der Waals surface area contributed by atoms with Crippen LogP contribution in [0.25, 0.3) is 43.1 Å². The summed E-state index contributed by atoms with van der Waals surface area (Å²) in [6, 6.07) is 28.5. The Labute approximate surface area is 318 Å². The molecular weight excluding hydrogens is 720 g/mol. The van der Waals surface area contributed by atoms with Crippen LogP contribution in [0.5, 0.6) is 0 Å². The summed E-state index contributed by atoms with van der Waals surface area (Å²) in [7, 11) is 0. The molecular formula is C42H36N4O10. The first kappa shape index (κ1) is 37.4. The molecule has 2 fully saturated rings. The Morgan fingerprint density at radius 2 is 0.804 bits per heavy atom. The molecule has 4 unspecified atom stereocenters. The third-order valence-corrected chi connectivity index (χ3v) is 10.3. The molecule has 284 valence electrons. The molecule has 14 nitrogen and oxygen atoms in total. The molecule has 2 aliphatic rings. The number of fused-ring (bicyclic) bond motifs is 6. The van der Waals surface area contributed by atoms with Gasteiger partial charge >= 0.3 is 23.9 Å². The fourth-order valence-electron chi connectivity index (χ4n) is 7.62. The number of benzene rings is 6. The zero-order valence-electron chi connectivity index (χ0n) is 29.7. The van der Waals surface area contributed by atoms with Crippen molar-refractivity contribution >= 4 is 78.8 Å². The lowest BCUT2D eigenvalue weighted by Crippen LogP contribution is -2.65. The fraction of sp³-hybridized carbons (Fsp3) is 0.190. The lowest BCUT2D eigenvalue weighted by molar-refractivity contribution is -0.152. The van der Waals surface area contributed by atoms with Gasteiger partial charge in [0.25, 0.3) is 11.8 Å². The van der Waals surface area contributed by atoms with E-state index in [9.17, 15) is 49.2 Å². The van der Waals surface area contributed by atoms with Crippen molar-refractivity contribution in [3.05, 3.63) is 120 Å². The third kappa shape index (κ3) is 7.06. The van der Waals surface area contributed by atoms with Crippen LogP contribution in [-0.4, -0.2) is 116 Å². The molecule has 0 aliphatic carbocycles. The molecule has 8 rings (SSSR count). The van der Waals surface area contributed by atoms with Crippen molar-refractivity contribution in [3.8, 4) is 0 Å². The zero-order valence-corrected chi connectivity index (χ0v) is 29.7. The molecule has 2 saturated heterocycles. The molecule has 2 heterocycles. The van der Waals surface area contributed by atoms with Gasteiger partial charge in [0, 0.05) is 37.3 Å². The summed E-state index contributed by atoms with van der Waals surface area (Å²) in [5, 5.41) is 51.0. The minimum absolute atomic E-state index is 0.120. The molecule has 0 radical (unpaired) electrons. The molecule has 2 amide bonds. The quantitative estimate of drug-likeness (QED) is 0.134. The van der Waals surface area contributed by atoms with E-state index < -0.39 is 59.9 Å². The Morgan fingerprint density at radius 3 is 1.18 bits per heavy atom. The van der Waals surface area contributed by atoms with Crippen molar-refractivity contribution in [2.45, 2.75) is 24.2 Å². The molecule has 56 heavy (non-hydrogen) atoms. The molecule has 4 atom stereocenters. The number of carbonyl (C=O) groups is 6. The van der Waals surface area contributed by atoms with Gasteiger partial charge in [-0.2, -0.15) is 0 Å². The minimum atomic E-state index is -1.47. The molecule has 6 aromatic carbocycles. The first-order chi connectivity index (χ1) is 26.9. The van der Waals surface area contributed by atoms with Gasteiger partial charge in [0.2, 0.25) is 0 Å². The van der Waals surface area contributed by atoms with E-state index in [0.717, 1.165) is 52.9 Å². The van der Waals surface area contributed by atoms with Gasteiger partial charge in [-0.05, 0) is 67.4 Å². The minimum Gasteiger partial charge on any atom is -0.480 e. The number of hydrogen-bond acceptors (Lipinski definition) is 8. The van der Waals surface area contributed by atoms with Crippen LogP contribution in [0.3, 0.4) is 0 Å². The number of hydrogen-bond donors (Lipinski definition) is 6. The SMILES string of the molecule is O=C(O)C1NCCN(C(=O)c2ccc3c(ccc4ccccc43)c2)C1C(=O)O.O=C(O)C1NCCN(C(=O)c2ccc3c(ccc4ccccc43)c2)C1C(=O)O. The topological polar surface area (TPSA) is 214 Å².